The van der Waals surface area contributed by atoms with Crippen molar-refractivity contribution >= 4 is 12.0 Å². The second-order valence-corrected chi connectivity index (χ2v) is 7.42. The standard InChI is InChI=1S/C18H27N5O2/c24-17(22-10-1-2-11-22)21-13-15-5-3-6-18(25-15)7-12-23(14-18)16-19-8-4-9-20-16/h4,8-9,15H,1-3,5-7,10-14H2,(H,21,24)/t15-,18-/m1/s1. The number of carbonyl (C=O) groups excluding carboxylic acids is 1. The van der Waals surface area contributed by atoms with E-state index in [1.54, 1.807) is 12.4 Å². The van der Waals surface area contributed by atoms with E-state index in [1.165, 1.54) is 0 Å². The molecular weight excluding hydrogens is 318 g/mol. The van der Waals surface area contributed by atoms with Gasteiger partial charge in [-0.05, 0) is 44.6 Å². The third-order valence-electron chi connectivity index (χ3n) is 5.60. The van der Waals surface area contributed by atoms with E-state index < -0.39 is 0 Å². The molecule has 3 aliphatic heterocycles. The quantitative estimate of drug-likeness (QED) is 0.904. The molecule has 1 aromatic heterocycles. The molecule has 3 aliphatic rings. The summed E-state index contributed by atoms with van der Waals surface area (Å²) in [6.45, 7) is 4.14. The second kappa shape index (κ2) is 7.15. The van der Waals surface area contributed by atoms with Crippen LogP contribution in [0.4, 0.5) is 10.7 Å². The van der Waals surface area contributed by atoms with E-state index in [0.717, 1.165) is 70.7 Å². The number of anilines is 1. The Hall–Kier alpha value is -1.89. The molecule has 3 fully saturated rings. The molecule has 7 heteroatoms. The van der Waals surface area contributed by atoms with Gasteiger partial charge in [0.2, 0.25) is 5.95 Å². The van der Waals surface area contributed by atoms with Gasteiger partial charge in [0.25, 0.3) is 0 Å². The van der Waals surface area contributed by atoms with Crippen molar-refractivity contribution in [2.45, 2.75) is 50.2 Å². The maximum absolute atomic E-state index is 12.2. The van der Waals surface area contributed by atoms with Crippen molar-refractivity contribution in [3.8, 4) is 0 Å². The van der Waals surface area contributed by atoms with Gasteiger partial charge < -0.3 is 19.9 Å². The van der Waals surface area contributed by atoms with Crippen molar-refractivity contribution in [1.29, 1.82) is 0 Å². The molecule has 1 aromatic rings. The number of nitrogens with zero attached hydrogens (tertiary/aromatic N) is 4. The van der Waals surface area contributed by atoms with Gasteiger partial charge in [0.15, 0.2) is 0 Å². The highest BCUT2D eigenvalue weighted by atomic mass is 16.5. The van der Waals surface area contributed by atoms with Gasteiger partial charge >= 0.3 is 6.03 Å². The van der Waals surface area contributed by atoms with Crippen LogP contribution in [0.1, 0.15) is 38.5 Å². The van der Waals surface area contributed by atoms with Crippen LogP contribution in [-0.4, -0.2) is 65.3 Å². The lowest BCUT2D eigenvalue weighted by atomic mass is 9.90. The summed E-state index contributed by atoms with van der Waals surface area (Å²) in [4.78, 5) is 25.0. The monoisotopic (exact) mass is 345 g/mol. The highest BCUT2D eigenvalue weighted by Crippen LogP contribution is 2.37. The number of nitrogens with one attached hydrogen (secondary N) is 1. The van der Waals surface area contributed by atoms with Gasteiger partial charge in [-0.2, -0.15) is 0 Å². The summed E-state index contributed by atoms with van der Waals surface area (Å²) >= 11 is 0. The summed E-state index contributed by atoms with van der Waals surface area (Å²) in [5.41, 5.74) is -0.111. The minimum absolute atomic E-state index is 0.0615. The molecule has 1 spiro atoms. The zero-order valence-corrected chi connectivity index (χ0v) is 14.7. The Balaban J connectivity index is 1.31. The lowest BCUT2D eigenvalue weighted by Gasteiger charge is -2.38. The van der Waals surface area contributed by atoms with Gasteiger partial charge in [-0.1, -0.05) is 0 Å². The number of carbonyl (C=O) groups is 1. The minimum Gasteiger partial charge on any atom is -0.368 e. The number of likely N-dealkylation sites (tertiary alicyclic amines) is 1. The summed E-state index contributed by atoms with van der Waals surface area (Å²) in [6.07, 6.45) is 10.2. The Morgan fingerprint density at radius 3 is 2.80 bits per heavy atom. The van der Waals surface area contributed by atoms with Gasteiger partial charge in [0.05, 0.1) is 11.7 Å². The van der Waals surface area contributed by atoms with Crippen LogP contribution in [-0.2, 0) is 4.74 Å². The highest BCUT2D eigenvalue weighted by Gasteiger charge is 2.43. The molecule has 3 saturated heterocycles. The number of rotatable bonds is 3. The second-order valence-electron chi connectivity index (χ2n) is 7.42. The lowest BCUT2D eigenvalue weighted by Crippen LogP contribution is -2.48. The molecule has 0 bridgehead atoms. The topological polar surface area (TPSA) is 70.6 Å². The maximum Gasteiger partial charge on any atom is 0.317 e. The third-order valence-corrected chi connectivity index (χ3v) is 5.60. The van der Waals surface area contributed by atoms with Crippen LogP contribution in [0.25, 0.3) is 0 Å². The van der Waals surface area contributed by atoms with Gasteiger partial charge in [0, 0.05) is 45.1 Å². The summed E-state index contributed by atoms with van der Waals surface area (Å²) in [5, 5.41) is 3.07. The van der Waals surface area contributed by atoms with Crippen LogP contribution in [0, 0.1) is 0 Å². The molecule has 0 saturated carbocycles. The number of amides is 2. The number of aromatic nitrogens is 2. The number of ether oxygens (including phenoxy) is 1. The molecular formula is C18H27N5O2. The first-order valence-electron chi connectivity index (χ1n) is 9.47. The first-order chi connectivity index (χ1) is 12.2. The van der Waals surface area contributed by atoms with Gasteiger partial charge in [-0.3, -0.25) is 0 Å². The predicted octanol–water partition coefficient (Wildman–Crippen LogP) is 1.80. The van der Waals surface area contributed by atoms with Crippen LogP contribution < -0.4 is 10.2 Å². The first kappa shape index (κ1) is 16.6. The Morgan fingerprint density at radius 2 is 2.00 bits per heavy atom. The highest BCUT2D eigenvalue weighted by molar-refractivity contribution is 5.74. The summed E-state index contributed by atoms with van der Waals surface area (Å²) < 4.78 is 6.47. The van der Waals surface area contributed by atoms with E-state index in [4.69, 9.17) is 4.74 Å². The van der Waals surface area contributed by atoms with Crippen LogP contribution in [0.2, 0.25) is 0 Å². The first-order valence-corrected chi connectivity index (χ1v) is 9.47. The fourth-order valence-electron chi connectivity index (χ4n) is 4.27. The molecule has 136 valence electrons. The fraction of sp³-hybridized carbons (Fsp3) is 0.722. The molecule has 4 rings (SSSR count). The van der Waals surface area contributed by atoms with E-state index in [2.05, 4.69) is 20.2 Å². The van der Waals surface area contributed by atoms with Crippen molar-refractivity contribution in [1.82, 2.24) is 20.2 Å². The summed E-state index contributed by atoms with van der Waals surface area (Å²) in [7, 11) is 0. The Kier molecular flexibility index (Phi) is 4.74. The normalized spacial score (nSPS) is 29.4. The molecule has 0 radical (unpaired) electrons. The largest absolute Gasteiger partial charge is 0.368 e. The zero-order chi connectivity index (χ0) is 17.1. The minimum atomic E-state index is -0.111. The van der Waals surface area contributed by atoms with E-state index in [0.29, 0.717) is 6.54 Å². The average molecular weight is 345 g/mol. The molecule has 2 atom stereocenters. The van der Waals surface area contributed by atoms with Gasteiger partial charge in [-0.25, -0.2) is 14.8 Å². The van der Waals surface area contributed by atoms with Crippen molar-refractivity contribution in [2.24, 2.45) is 0 Å². The molecule has 7 nitrogen and oxygen atoms in total. The molecule has 0 aromatic carbocycles. The van der Waals surface area contributed by atoms with Crippen LogP contribution >= 0.6 is 0 Å². The van der Waals surface area contributed by atoms with Crippen LogP contribution in [0.5, 0.6) is 0 Å². The van der Waals surface area contributed by atoms with E-state index >= 15 is 0 Å². The Labute approximate surface area is 148 Å². The van der Waals surface area contributed by atoms with Gasteiger partial charge in [-0.15, -0.1) is 0 Å². The molecule has 25 heavy (non-hydrogen) atoms. The lowest BCUT2D eigenvalue weighted by molar-refractivity contribution is -0.113. The molecule has 1 N–H and O–H groups in total. The number of hydrogen-bond acceptors (Lipinski definition) is 5. The molecule has 4 heterocycles. The van der Waals surface area contributed by atoms with Crippen LogP contribution in [0.15, 0.2) is 18.5 Å². The molecule has 0 unspecified atom stereocenters. The van der Waals surface area contributed by atoms with E-state index in [-0.39, 0.29) is 17.7 Å². The smallest absolute Gasteiger partial charge is 0.317 e. The predicted molar refractivity (Wildman–Crippen MR) is 94.5 cm³/mol. The SMILES string of the molecule is O=C(NC[C@H]1CCC[C@]2(CCN(c3ncccn3)C2)O1)N1CCCC1. The molecule has 0 aliphatic carbocycles. The van der Waals surface area contributed by atoms with Gasteiger partial charge in [0.1, 0.15) is 0 Å². The summed E-state index contributed by atoms with van der Waals surface area (Å²) in [6, 6.07) is 1.90. The third kappa shape index (κ3) is 3.71. The van der Waals surface area contributed by atoms with Crippen molar-refractivity contribution in [3.05, 3.63) is 18.5 Å². The average Bonchev–Trinajstić information content (AvgIpc) is 3.31. The Morgan fingerprint density at radius 1 is 1.20 bits per heavy atom. The van der Waals surface area contributed by atoms with Crippen molar-refractivity contribution in [3.63, 3.8) is 0 Å². The van der Waals surface area contributed by atoms with Crippen molar-refractivity contribution in [2.75, 3.05) is 37.6 Å². The Bertz CT molecular complexity index is 592. The maximum atomic E-state index is 12.2. The number of hydrogen-bond donors (Lipinski definition) is 1. The summed E-state index contributed by atoms with van der Waals surface area (Å²) in [5.74, 6) is 0.785. The van der Waals surface area contributed by atoms with E-state index in [1.807, 2.05) is 11.0 Å². The van der Waals surface area contributed by atoms with Crippen LogP contribution in [0.3, 0.4) is 0 Å². The zero-order valence-electron chi connectivity index (χ0n) is 14.7. The number of urea groups is 1. The molecule has 2 amide bonds. The fourth-order valence-corrected chi connectivity index (χ4v) is 4.27. The van der Waals surface area contributed by atoms with E-state index in [9.17, 15) is 4.79 Å². The van der Waals surface area contributed by atoms with Crippen molar-refractivity contribution < 1.29 is 9.53 Å².